The van der Waals surface area contributed by atoms with E-state index in [1.807, 2.05) is 5.32 Å². The van der Waals surface area contributed by atoms with Crippen LogP contribution in [0.15, 0.2) is 12.1 Å². The highest BCUT2D eigenvalue weighted by Gasteiger charge is 2.24. The molecule has 1 aromatic carbocycles. The topological polar surface area (TPSA) is 109 Å². The Morgan fingerprint density at radius 3 is 2.35 bits per heavy atom. The van der Waals surface area contributed by atoms with Crippen molar-refractivity contribution >= 4 is 29.4 Å². The van der Waals surface area contributed by atoms with Crippen molar-refractivity contribution in [3.63, 3.8) is 0 Å². The van der Waals surface area contributed by atoms with Crippen molar-refractivity contribution < 1.29 is 28.3 Å². The summed E-state index contributed by atoms with van der Waals surface area (Å²) in [5.41, 5.74) is 4.37. The highest BCUT2D eigenvalue weighted by molar-refractivity contribution is 6.33. The van der Waals surface area contributed by atoms with Crippen LogP contribution in [-0.4, -0.2) is 28.9 Å². The van der Waals surface area contributed by atoms with E-state index < -0.39 is 52.5 Å². The molecule has 0 radical (unpaired) electrons. The van der Waals surface area contributed by atoms with Crippen LogP contribution < -0.4 is 11.1 Å². The van der Waals surface area contributed by atoms with Crippen LogP contribution in [0, 0.1) is 11.6 Å². The minimum absolute atomic E-state index is 0.399. The molecule has 2 amide bonds. The summed E-state index contributed by atoms with van der Waals surface area (Å²) in [6.07, 6.45) is -0.650. The van der Waals surface area contributed by atoms with Gasteiger partial charge in [0.2, 0.25) is 5.91 Å². The first-order valence-electron chi connectivity index (χ1n) is 5.19. The second-order valence-electron chi connectivity index (χ2n) is 3.78. The van der Waals surface area contributed by atoms with Gasteiger partial charge in [0.25, 0.3) is 5.91 Å². The van der Waals surface area contributed by atoms with Crippen LogP contribution in [0.1, 0.15) is 16.8 Å². The van der Waals surface area contributed by atoms with E-state index in [2.05, 4.69) is 0 Å². The largest absolute Gasteiger partial charge is 0.480 e. The number of carbonyl (C=O) groups is 3. The second kappa shape index (κ2) is 6.29. The molecule has 0 fully saturated rings. The number of nitrogens with one attached hydrogen (secondary N) is 1. The second-order valence-corrected chi connectivity index (χ2v) is 4.19. The van der Waals surface area contributed by atoms with Gasteiger partial charge in [-0.2, -0.15) is 0 Å². The van der Waals surface area contributed by atoms with Gasteiger partial charge < -0.3 is 16.2 Å². The first-order chi connectivity index (χ1) is 9.22. The molecular weight excluding hydrogens is 298 g/mol. The molecule has 4 N–H and O–H groups in total. The number of benzene rings is 1. The first-order valence-corrected chi connectivity index (χ1v) is 5.56. The zero-order chi connectivity index (χ0) is 15.4. The standard InChI is InChI=1S/C11H9ClF2N2O4/c12-5-2-7(14)6(13)1-4(5)10(18)16-8(11(19)20)3-9(15)17/h1-2,8H,3H2,(H2,15,17)(H,16,18)(H,19,20)/t8-/m1/s1. The van der Waals surface area contributed by atoms with Crippen molar-refractivity contribution in [2.24, 2.45) is 5.73 Å². The van der Waals surface area contributed by atoms with Crippen LogP contribution in [0.4, 0.5) is 8.78 Å². The number of carboxylic acids is 1. The third kappa shape index (κ3) is 3.89. The monoisotopic (exact) mass is 306 g/mol. The van der Waals surface area contributed by atoms with E-state index in [4.69, 9.17) is 22.4 Å². The van der Waals surface area contributed by atoms with Gasteiger partial charge in [0, 0.05) is 0 Å². The van der Waals surface area contributed by atoms with E-state index in [9.17, 15) is 23.2 Å². The molecule has 0 aromatic heterocycles. The van der Waals surface area contributed by atoms with Gasteiger partial charge in [0.1, 0.15) is 6.04 Å². The van der Waals surface area contributed by atoms with Crippen LogP contribution >= 0.6 is 11.6 Å². The van der Waals surface area contributed by atoms with Gasteiger partial charge in [0.05, 0.1) is 17.0 Å². The summed E-state index contributed by atoms with van der Waals surface area (Å²) >= 11 is 5.56. The highest BCUT2D eigenvalue weighted by atomic mass is 35.5. The molecule has 0 bridgehead atoms. The maximum atomic E-state index is 13.0. The Labute approximate surface area is 116 Å². The molecule has 0 spiro atoms. The lowest BCUT2D eigenvalue weighted by molar-refractivity contribution is -0.140. The van der Waals surface area contributed by atoms with Crippen molar-refractivity contribution in [2.75, 3.05) is 0 Å². The molecular formula is C11H9ClF2N2O4. The molecule has 1 atom stereocenters. The summed E-state index contributed by atoms with van der Waals surface area (Å²) in [5, 5.41) is 10.3. The quantitative estimate of drug-likeness (QED) is 0.695. The van der Waals surface area contributed by atoms with E-state index in [0.29, 0.717) is 12.1 Å². The molecule has 0 heterocycles. The Balaban J connectivity index is 2.97. The third-order valence-electron chi connectivity index (χ3n) is 2.26. The number of amides is 2. The lowest BCUT2D eigenvalue weighted by atomic mass is 10.1. The van der Waals surface area contributed by atoms with Gasteiger partial charge in [0.15, 0.2) is 11.6 Å². The average Bonchev–Trinajstić information content (AvgIpc) is 2.32. The Morgan fingerprint density at radius 2 is 1.85 bits per heavy atom. The van der Waals surface area contributed by atoms with Gasteiger partial charge in [-0.15, -0.1) is 0 Å². The summed E-state index contributed by atoms with van der Waals surface area (Å²) in [7, 11) is 0. The molecule has 6 nitrogen and oxygen atoms in total. The summed E-state index contributed by atoms with van der Waals surface area (Å²) in [6, 6.07) is -0.490. The third-order valence-corrected chi connectivity index (χ3v) is 2.58. The van der Waals surface area contributed by atoms with Crippen LogP contribution in [0.3, 0.4) is 0 Å². The Morgan fingerprint density at radius 1 is 1.30 bits per heavy atom. The molecule has 0 aliphatic carbocycles. The molecule has 0 saturated heterocycles. The fourth-order valence-corrected chi connectivity index (χ4v) is 1.57. The highest BCUT2D eigenvalue weighted by Crippen LogP contribution is 2.20. The predicted molar refractivity (Wildman–Crippen MR) is 64.1 cm³/mol. The molecule has 0 aliphatic rings. The summed E-state index contributed by atoms with van der Waals surface area (Å²) in [4.78, 5) is 33.2. The van der Waals surface area contributed by atoms with Crippen molar-refractivity contribution in [2.45, 2.75) is 12.5 Å². The summed E-state index contributed by atoms with van der Waals surface area (Å²) in [5.74, 6) is -6.09. The molecule has 108 valence electrons. The van der Waals surface area contributed by atoms with Gasteiger partial charge in [-0.05, 0) is 12.1 Å². The number of hydrogen-bond acceptors (Lipinski definition) is 3. The van der Waals surface area contributed by atoms with Crippen LogP contribution in [0.25, 0.3) is 0 Å². The zero-order valence-corrected chi connectivity index (χ0v) is 10.6. The van der Waals surface area contributed by atoms with E-state index >= 15 is 0 Å². The van der Waals surface area contributed by atoms with Crippen molar-refractivity contribution in [1.82, 2.24) is 5.32 Å². The summed E-state index contributed by atoms with van der Waals surface area (Å²) < 4.78 is 25.9. The fourth-order valence-electron chi connectivity index (χ4n) is 1.33. The molecule has 0 aliphatic heterocycles. The first kappa shape index (κ1) is 15.8. The number of halogens is 3. The van der Waals surface area contributed by atoms with Crippen LogP contribution in [0.2, 0.25) is 5.02 Å². The predicted octanol–water partition coefficient (Wildman–Crippen LogP) is 0.677. The molecule has 1 rings (SSSR count). The van der Waals surface area contributed by atoms with Crippen LogP contribution in [-0.2, 0) is 9.59 Å². The smallest absolute Gasteiger partial charge is 0.326 e. The van der Waals surface area contributed by atoms with E-state index in [1.54, 1.807) is 0 Å². The number of nitrogens with two attached hydrogens (primary N) is 1. The van der Waals surface area contributed by atoms with E-state index in [1.165, 1.54) is 0 Å². The number of aliphatic carboxylic acids is 1. The van der Waals surface area contributed by atoms with E-state index in [-0.39, 0.29) is 0 Å². The number of primary amides is 1. The van der Waals surface area contributed by atoms with Crippen LogP contribution in [0.5, 0.6) is 0 Å². The number of hydrogen-bond donors (Lipinski definition) is 3. The average molecular weight is 307 g/mol. The molecule has 1 aromatic rings. The van der Waals surface area contributed by atoms with Crippen molar-refractivity contribution in [1.29, 1.82) is 0 Å². The van der Waals surface area contributed by atoms with Gasteiger partial charge in [-0.1, -0.05) is 11.6 Å². The Hall–Kier alpha value is -2.22. The molecule has 20 heavy (non-hydrogen) atoms. The van der Waals surface area contributed by atoms with E-state index in [0.717, 1.165) is 0 Å². The van der Waals surface area contributed by atoms with Crippen molar-refractivity contribution in [3.8, 4) is 0 Å². The fraction of sp³-hybridized carbons (Fsp3) is 0.182. The number of carbonyl (C=O) groups excluding carboxylic acids is 2. The number of carboxylic acid groups (broad SMARTS) is 1. The van der Waals surface area contributed by atoms with Crippen molar-refractivity contribution in [3.05, 3.63) is 34.4 Å². The lowest BCUT2D eigenvalue weighted by Crippen LogP contribution is -2.43. The van der Waals surface area contributed by atoms with Gasteiger partial charge in [-0.25, -0.2) is 13.6 Å². The Kier molecular flexibility index (Phi) is 4.98. The molecule has 0 saturated carbocycles. The maximum absolute atomic E-state index is 13.0. The number of rotatable bonds is 5. The SMILES string of the molecule is NC(=O)C[C@@H](NC(=O)c1cc(F)c(F)cc1Cl)C(=O)O. The summed E-state index contributed by atoms with van der Waals surface area (Å²) in [6.45, 7) is 0. The lowest BCUT2D eigenvalue weighted by Gasteiger charge is -2.13. The minimum Gasteiger partial charge on any atom is -0.480 e. The zero-order valence-electron chi connectivity index (χ0n) is 9.82. The molecule has 0 unspecified atom stereocenters. The van der Waals surface area contributed by atoms with Gasteiger partial charge >= 0.3 is 5.97 Å². The van der Waals surface area contributed by atoms with Gasteiger partial charge in [-0.3, -0.25) is 9.59 Å². The normalized spacial score (nSPS) is 11.8. The molecule has 9 heteroatoms. The maximum Gasteiger partial charge on any atom is 0.326 e. The minimum atomic E-state index is -1.59. The Bertz CT molecular complexity index is 580.